The largest absolute Gasteiger partial charge is 0.365 e. The van der Waals surface area contributed by atoms with Gasteiger partial charge in [0.15, 0.2) is 0 Å². The first-order valence-corrected chi connectivity index (χ1v) is 9.61. The van der Waals surface area contributed by atoms with Crippen LogP contribution < -0.4 is 11.1 Å². The number of rotatable bonds is 4. The van der Waals surface area contributed by atoms with Gasteiger partial charge in [0.25, 0.3) is 11.8 Å². The number of amides is 2. The molecule has 2 aromatic rings. The average molecular weight is 407 g/mol. The zero-order chi connectivity index (χ0) is 17.3. The van der Waals surface area contributed by atoms with Crippen molar-refractivity contribution in [3.63, 3.8) is 0 Å². The molecule has 0 saturated heterocycles. The smallest absolute Gasteiger partial charge is 0.256 e. The van der Waals surface area contributed by atoms with E-state index in [1.54, 1.807) is 12.1 Å². The van der Waals surface area contributed by atoms with Crippen molar-refractivity contribution in [3.8, 4) is 0 Å². The summed E-state index contributed by atoms with van der Waals surface area (Å²) in [6.07, 6.45) is 4.02. The van der Waals surface area contributed by atoms with Crippen LogP contribution in [-0.2, 0) is 12.8 Å². The number of anilines is 1. The number of hydrogen-bond donors (Lipinski definition) is 2. The quantitative estimate of drug-likeness (QED) is 0.790. The van der Waals surface area contributed by atoms with Gasteiger partial charge in [-0.05, 0) is 55.0 Å². The summed E-state index contributed by atoms with van der Waals surface area (Å²) in [5, 5.41) is 3.46. The molecule has 1 aromatic heterocycles. The Hall–Kier alpha value is -1.66. The second-order valence-electron chi connectivity index (χ2n) is 6.05. The predicted molar refractivity (Wildman–Crippen MR) is 101 cm³/mol. The summed E-state index contributed by atoms with van der Waals surface area (Å²) in [6.45, 7) is 2.19. The summed E-state index contributed by atoms with van der Waals surface area (Å²) < 4.78 is 0.911. The van der Waals surface area contributed by atoms with E-state index >= 15 is 0 Å². The highest BCUT2D eigenvalue weighted by molar-refractivity contribution is 9.10. The average Bonchev–Trinajstić information content (AvgIpc) is 2.92. The Kier molecular flexibility index (Phi) is 5.06. The number of nitrogens with two attached hydrogens (primary N) is 1. The SMILES string of the molecule is CCC1CCc2c(sc(NC(=O)c3ccc(Br)cc3)c2C(N)=O)C1. The fourth-order valence-electron chi connectivity index (χ4n) is 3.13. The number of nitrogens with one attached hydrogen (secondary N) is 1. The van der Waals surface area contributed by atoms with Crippen LogP contribution in [0.5, 0.6) is 0 Å². The second kappa shape index (κ2) is 7.07. The van der Waals surface area contributed by atoms with E-state index in [4.69, 9.17) is 5.73 Å². The van der Waals surface area contributed by atoms with Gasteiger partial charge in [-0.3, -0.25) is 9.59 Å². The number of primary amides is 1. The van der Waals surface area contributed by atoms with E-state index in [0.29, 0.717) is 22.0 Å². The van der Waals surface area contributed by atoms with Gasteiger partial charge in [-0.1, -0.05) is 29.3 Å². The molecule has 1 aromatic carbocycles. The fourth-order valence-corrected chi connectivity index (χ4v) is 4.75. The van der Waals surface area contributed by atoms with Gasteiger partial charge >= 0.3 is 0 Å². The van der Waals surface area contributed by atoms with Crippen LogP contribution in [0.15, 0.2) is 28.7 Å². The number of carbonyl (C=O) groups is 2. The van der Waals surface area contributed by atoms with Gasteiger partial charge < -0.3 is 11.1 Å². The van der Waals surface area contributed by atoms with Crippen molar-refractivity contribution in [2.24, 2.45) is 11.7 Å². The van der Waals surface area contributed by atoms with Crippen LogP contribution in [-0.4, -0.2) is 11.8 Å². The molecule has 24 heavy (non-hydrogen) atoms. The monoisotopic (exact) mass is 406 g/mol. The molecule has 0 saturated carbocycles. The number of halogens is 1. The molecule has 1 aliphatic carbocycles. The molecule has 3 N–H and O–H groups in total. The third-order valence-electron chi connectivity index (χ3n) is 4.52. The summed E-state index contributed by atoms with van der Waals surface area (Å²) >= 11 is 4.85. The minimum Gasteiger partial charge on any atom is -0.365 e. The molecule has 1 unspecified atom stereocenters. The van der Waals surface area contributed by atoms with E-state index in [-0.39, 0.29) is 5.91 Å². The minimum atomic E-state index is -0.464. The van der Waals surface area contributed by atoms with E-state index in [1.807, 2.05) is 12.1 Å². The summed E-state index contributed by atoms with van der Waals surface area (Å²) in [5.74, 6) is -0.0453. The lowest BCUT2D eigenvalue weighted by Crippen LogP contribution is -2.19. The molecule has 0 spiro atoms. The fraction of sp³-hybridized carbons (Fsp3) is 0.333. The van der Waals surface area contributed by atoms with Crippen molar-refractivity contribution in [1.82, 2.24) is 0 Å². The normalized spacial score (nSPS) is 16.5. The maximum Gasteiger partial charge on any atom is 0.256 e. The van der Waals surface area contributed by atoms with E-state index in [0.717, 1.165) is 35.7 Å². The number of hydrogen-bond acceptors (Lipinski definition) is 3. The van der Waals surface area contributed by atoms with Crippen LogP contribution in [0.3, 0.4) is 0 Å². The first kappa shape index (κ1) is 17.2. The molecule has 6 heteroatoms. The van der Waals surface area contributed by atoms with Gasteiger partial charge in [0, 0.05) is 14.9 Å². The van der Waals surface area contributed by atoms with Crippen LogP contribution in [0.4, 0.5) is 5.00 Å². The standard InChI is InChI=1S/C18H19BrN2O2S/c1-2-10-3-8-13-14(9-10)24-18(15(13)16(20)22)21-17(23)11-4-6-12(19)7-5-11/h4-7,10H,2-3,8-9H2,1H3,(H2,20,22)(H,21,23). The van der Waals surface area contributed by atoms with Crippen LogP contribution >= 0.6 is 27.3 Å². The minimum absolute atomic E-state index is 0.226. The molecular formula is C18H19BrN2O2S. The Morgan fingerprint density at radius 1 is 1.33 bits per heavy atom. The van der Waals surface area contributed by atoms with Crippen molar-refractivity contribution in [1.29, 1.82) is 0 Å². The van der Waals surface area contributed by atoms with Crippen molar-refractivity contribution in [2.45, 2.75) is 32.6 Å². The van der Waals surface area contributed by atoms with Crippen molar-refractivity contribution in [3.05, 3.63) is 50.3 Å². The van der Waals surface area contributed by atoms with Crippen molar-refractivity contribution < 1.29 is 9.59 Å². The number of carbonyl (C=O) groups excluding carboxylic acids is 2. The van der Waals surface area contributed by atoms with Crippen LogP contribution in [0.1, 0.15) is 50.9 Å². The Labute approximate surface area is 153 Å². The molecule has 0 aliphatic heterocycles. The second-order valence-corrected chi connectivity index (χ2v) is 8.07. The van der Waals surface area contributed by atoms with Crippen LogP contribution in [0.25, 0.3) is 0 Å². The van der Waals surface area contributed by atoms with E-state index in [2.05, 4.69) is 28.2 Å². The summed E-state index contributed by atoms with van der Waals surface area (Å²) in [5.41, 5.74) is 7.67. The lowest BCUT2D eigenvalue weighted by Gasteiger charge is -2.20. The highest BCUT2D eigenvalue weighted by Gasteiger charge is 2.28. The maximum atomic E-state index is 12.5. The zero-order valence-corrected chi connectivity index (χ0v) is 15.8. The Morgan fingerprint density at radius 2 is 2.04 bits per heavy atom. The molecule has 2 amide bonds. The first-order chi connectivity index (χ1) is 11.5. The Morgan fingerprint density at radius 3 is 2.67 bits per heavy atom. The van der Waals surface area contributed by atoms with E-state index in [9.17, 15) is 9.59 Å². The zero-order valence-electron chi connectivity index (χ0n) is 13.4. The molecule has 0 fully saturated rings. The van der Waals surface area contributed by atoms with Crippen molar-refractivity contribution >= 4 is 44.1 Å². The predicted octanol–water partition coefficient (Wildman–Crippen LogP) is 4.38. The molecule has 126 valence electrons. The topological polar surface area (TPSA) is 72.2 Å². The Balaban J connectivity index is 1.90. The number of thiophene rings is 1. The van der Waals surface area contributed by atoms with Crippen LogP contribution in [0.2, 0.25) is 0 Å². The third kappa shape index (κ3) is 3.39. The molecule has 1 heterocycles. The number of benzene rings is 1. The van der Waals surface area contributed by atoms with Gasteiger partial charge in [-0.2, -0.15) is 0 Å². The van der Waals surface area contributed by atoms with Gasteiger partial charge in [0.05, 0.1) is 5.56 Å². The summed E-state index contributed by atoms with van der Waals surface area (Å²) in [7, 11) is 0. The highest BCUT2D eigenvalue weighted by atomic mass is 79.9. The summed E-state index contributed by atoms with van der Waals surface area (Å²) in [6, 6.07) is 7.11. The highest BCUT2D eigenvalue weighted by Crippen LogP contribution is 2.40. The van der Waals surface area contributed by atoms with Gasteiger partial charge in [0.2, 0.25) is 0 Å². The molecule has 0 bridgehead atoms. The van der Waals surface area contributed by atoms with Crippen molar-refractivity contribution in [2.75, 3.05) is 5.32 Å². The molecule has 0 radical (unpaired) electrons. The molecule has 1 aliphatic rings. The lowest BCUT2D eigenvalue weighted by atomic mass is 9.85. The van der Waals surface area contributed by atoms with E-state index in [1.165, 1.54) is 16.2 Å². The van der Waals surface area contributed by atoms with Gasteiger partial charge in [-0.25, -0.2) is 0 Å². The first-order valence-electron chi connectivity index (χ1n) is 8.00. The molecule has 1 atom stereocenters. The van der Waals surface area contributed by atoms with Gasteiger partial charge in [-0.15, -0.1) is 11.3 Å². The Bertz CT molecular complexity index is 783. The molecular weight excluding hydrogens is 388 g/mol. The third-order valence-corrected chi connectivity index (χ3v) is 6.22. The van der Waals surface area contributed by atoms with Crippen LogP contribution in [0, 0.1) is 5.92 Å². The van der Waals surface area contributed by atoms with Gasteiger partial charge in [0.1, 0.15) is 5.00 Å². The maximum absolute atomic E-state index is 12.5. The molecule has 4 nitrogen and oxygen atoms in total. The number of fused-ring (bicyclic) bond motifs is 1. The van der Waals surface area contributed by atoms with E-state index < -0.39 is 5.91 Å². The summed E-state index contributed by atoms with van der Waals surface area (Å²) in [4.78, 5) is 25.6. The molecule has 3 rings (SSSR count). The lowest BCUT2D eigenvalue weighted by molar-refractivity contribution is 0.1000.